The largest absolute Gasteiger partial charge is 0.491 e. The fourth-order valence-corrected chi connectivity index (χ4v) is 2.56. The second-order valence-electron chi connectivity index (χ2n) is 5.08. The van der Waals surface area contributed by atoms with E-state index in [0.29, 0.717) is 31.4 Å². The Morgan fingerprint density at radius 3 is 2.42 bits per heavy atom. The van der Waals surface area contributed by atoms with Crippen molar-refractivity contribution in [2.75, 3.05) is 6.61 Å². The summed E-state index contributed by atoms with van der Waals surface area (Å²) in [6.07, 6.45) is 1.96. The lowest BCUT2D eigenvalue weighted by molar-refractivity contribution is -0.145. The smallest absolute Gasteiger partial charge is 0.306 e. The molecule has 1 aromatic rings. The van der Waals surface area contributed by atoms with Gasteiger partial charge in [-0.05, 0) is 49.9 Å². The van der Waals surface area contributed by atoms with Crippen LogP contribution < -0.4 is 4.74 Å². The Morgan fingerprint density at radius 2 is 1.89 bits per heavy atom. The van der Waals surface area contributed by atoms with E-state index in [1.54, 1.807) is 0 Å². The quantitative estimate of drug-likeness (QED) is 0.891. The van der Waals surface area contributed by atoms with Crippen molar-refractivity contribution in [2.24, 2.45) is 5.92 Å². The van der Waals surface area contributed by atoms with Crippen molar-refractivity contribution in [1.82, 2.24) is 0 Å². The third-order valence-electron chi connectivity index (χ3n) is 3.59. The SMILES string of the molecule is O=C(O)C1CCC(O)(COc2ccc(Br)cc2)CC1. The van der Waals surface area contributed by atoms with Crippen LogP contribution in [-0.4, -0.2) is 28.4 Å². The first-order valence-electron chi connectivity index (χ1n) is 6.32. The van der Waals surface area contributed by atoms with Crippen LogP contribution >= 0.6 is 15.9 Å². The lowest BCUT2D eigenvalue weighted by Gasteiger charge is -2.34. The van der Waals surface area contributed by atoms with Gasteiger partial charge in [0.2, 0.25) is 0 Å². The van der Waals surface area contributed by atoms with E-state index in [1.807, 2.05) is 24.3 Å². The maximum Gasteiger partial charge on any atom is 0.306 e. The van der Waals surface area contributed by atoms with E-state index in [1.165, 1.54) is 0 Å². The number of carbonyl (C=O) groups is 1. The fourth-order valence-electron chi connectivity index (χ4n) is 2.29. The molecule has 1 saturated carbocycles. The average Bonchev–Trinajstić information content (AvgIpc) is 2.39. The number of carboxylic acid groups (broad SMARTS) is 1. The number of aliphatic hydroxyl groups is 1. The number of aliphatic carboxylic acids is 1. The summed E-state index contributed by atoms with van der Waals surface area (Å²) in [5.41, 5.74) is -0.904. The van der Waals surface area contributed by atoms with Gasteiger partial charge in [0.1, 0.15) is 12.4 Å². The van der Waals surface area contributed by atoms with Crippen LogP contribution in [0.3, 0.4) is 0 Å². The highest BCUT2D eigenvalue weighted by molar-refractivity contribution is 9.10. The van der Waals surface area contributed by atoms with E-state index in [9.17, 15) is 9.90 Å². The van der Waals surface area contributed by atoms with Crippen molar-refractivity contribution in [3.8, 4) is 5.75 Å². The molecule has 0 amide bonds. The van der Waals surface area contributed by atoms with Crippen LogP contribution in [0, 0.1) is 5.92 Å². The molecule has 4 nitrogen and oxygen atoms in total. The summed E-state index contributed by atoms with van der Waals surface area (Å²) in [6.45, 7) is 0.209. The maximum absolute atomic E-state index is 10.9. The van der Waals surface area contributed by atoms with E-state index in [4.69, 9.17) is 9.84 Å². The van der Waals surface area contributed by atoms with Crippen molar-refractivity contribution in [3.63, 3.8) is 0 Å². The zero-order valence-electron chi connectivity index (χ0n) is 10.5. The lowest BCUT2D eigenvalue weighted by atomic mass is 9.79. The van der Waals surface area contributed by atoms with Crippen LogP contribution in [0.4, 0.5) is 0 Å². The van der Waals surface area contributed by atoms with E-state index in [2.05, 4.69) is 15.9 Å². The van der Waals surface area contributed by atoms with Gasteiger partial charge in [0.15, 0.2) is 0 Å². The number of carboxylic acids is 1. The Bertz CT molecular complexity index is 435. The molecule has 1 aromatic carbocycles. The molecule has 0 spiro atoms. The van der Waals surface area contributed by atoms with Gasteiger partial charge in [0.25, 0.3) is 0 Å². The van der Waals surface area contributed by atoms with Crippen LogP contribution in [0.5, 0.6) is 5.75 Å². The number of benzene rings is 1. The van der Waals surface area contributed by atoms with Crippen molar-refractivity contribution >= 4 is 21.9 Å². The summed E-state index contributed by atoms with van der Waals surface area (Å²) in [4.78, 5) is 10.9. The fraction of sp³-hybridized carbons (Fsp3) is 0.500. The first kappa shape index (κ1) is 14.3. The van der Waals surface area contributed by atoms with Crippen LogP contribution in [0.2, 0.25) is 0 Å². The van der Waals surface area contributed by atoms with Gasteiger partial charge in [-0.2, -0.15) is 0 Å². The topological polar surface area (TPSA) is 66.8 Å². The molecule has 2 N–H and O–H groups in total. The second-order valence-corrected chi connectivity index (χ2v) is 6.00. The Kier molecular flexibility index (Phi) is 4.47. The van der Waals surface area contributed by atoms with Crippen molar-refractivity contribution in [1.29, 1.82) is 0 Å². The maximum atomic E-state index is 10.9. The minimum Gasteiger partial charge on any atom is -0.491 e. The summed E-state index contributed by atoms with van der Waals surface area (Å²) in [5.74, 6) is -0.388. The van der Waals surface area contributed by atoms with E-state index >= 15 is 0 Å². The van der Waals surface area contributed by atoms with Gasteiger partial charge >= 0.3 is 5.97 Å². The van der Waals surface area contributed by atoms with Gasteiger partial charge in [-0.1, -0.05) is 15.9 Å². The molecule has 0 aliphatic heterocycles. The molecule has 0 unspecified atom stereocenters. The van der Waals surface area contributed by atoms with Crippen LogP contribution in [0.15, 0.2) is 28.7 Å². The molecule has 0 heterocycles. The third-order valence-corrected chi connectivity index (χ3v) is 4.12. The molecule has 0 bridgehead atoms. The van der Waals surface area contributed by atoms with Gasteiger partial charge in [0, 0.05) is 4.47 Å². The summed E-state index contributed by atoms with van der Waals surface area (Å²) in [6, 6.07) is 7.41. The van der Waals surface area contributed by atoms with Gasteiger partial charge < -0.3 is 14.9 Å². The molecule has 1 aliphatic carbocycles. The predicted molar refractivity (Wildman–Crippen MR) is 74.2 cm³/mol. The van der Waals surface area contributed by atoms with Crippen LogP contribution in [0.25, 0.3) is 0 Å². The summed E-state index contributed by atoms with van der Waals surface area (Å²) in [7, 11) is 0. The molecular formula is C14H17BrO4. The molecule has 0 radical (unpaired) electrons. The van der Waals surface area contributed by atoms with Gasteiger partial charge in [0.05, 0.1) is 11.5 Å². The van der Waals surface area contributed by atoms with Crippen LogP contribution in [0.1, 0.15) is 25.7 Å². The zero-order chi connectivity index (χ0) is 13.9. The predicted octanol–water partition coefficient (Wildman–Crippen LogP) is 2.83. The number of hydrogen-bond acceptors (Lipinski definition) is 3. The Morgan fingerprint density at radius 1 is 1.32 bits per heavy atom. The number of halogens is 1. The Labute approximate surface area is 120 Å². The molecule has 1 aliphatic rings. The first-order chi connectivity index (χ1) is 8.98. The van der Waals surface area contributed by atoms with Gasteiger partial charge in [-0.15, -0.1) is 0 Å². The molecule has 2 rings (SSSR count). The van der Waals surface area contributed by atoms with Crippen molar-refractivity contribution < 1.29 is 19.7 Å². The molecule has 19 heavy (non-hydrogen) atoms. The Hall–Kier alpha value is -1.07. The monoisotopic (exact) mass is 328 g/mol. The third kappa shape index (κ3) is 3.94. The van der Waals surface area contributed by atoms with E-state index < -0.39 is 11.6 Å². The average molecular weight is 329 g/mol. The molecular weight excluding hydrogens is 312 g/mol. The molecule has 1 fully saturated rings. The van der Waals surface area contributed by atoms with Crippen molar-refractivity contribution in [3.05, 3.63) is 28.7 Å². The first-order valence-corrected chi connectivity index (χ1v) is 7.11. The van der Waals surface area contributed by atoms with Crippen LogP contribution in [-0.2, 0) is 4.79 Å². The van der Waals surface area contributed by atoms with E-state index in [-0.39, 0.29) is 12.5 Å². The number of hydrogen-bond donors (Lipinski definition) is 2. The van der Waals surface area contributed by atoms with E-state index in [0.717, 1.165) is 4.47 Å². The van der Waals surface area contributed by atoms with Crippen molar-refractivity contribution in [2.45, 2.75) is 31.3 Å². The Balaban J connectivity index is 1.86. The second kappa shape index (κ2) is 5.92. The zero-order valence-corrected chi connectivity index (χ0v) is 12.1. The summed E-state index contributed by atoms with van der Waals surface area (Å²) in [5, 5.41) is 19.3. The highest BCUT2D eigenvalue weighted by Gasteiger charge is 2.36. The molecule has 104 valence electrons. The summed E-state index contributed by atoms with van der Waals surface area (Å²) >= 11 is 3.34. The van der Waals surface area contributed by atoms with Gasteiger partial charge in [-0.25, -0.2) is 0 Å². The normalized spacial score (nSPS) is 26.9. The molecule has 0 saturated heterocycles. The highest BCUT2D eigenvalue weighted by Crippen LogP contribution is 2.32. The van der Waals surface area contributed by atoms with Gasteiger partial charge in [-0.3, -0.25) is 4.79 Å². The standard InChI is InChI=1S/C14H17BrO4/c15-11-1-3-12(4-2-11)19-9-14(18)7-5-10(6-8-14)13(16)17/h1-4,10,18H,5-9H2,(H,16,17). The number of rotatable bonds is 4. The molecule has 5 heteroatoms. The number of ether oxygens (including phenoxy) is 1. The highest BCUT2D eigenvalue weighted by atomic mass is 79.9. The minimum atomic E-state index is -0.904. The summed E-state index contributed by atoms with van der Waals surface area (Å²) < 4.78 is 6.55. The molecule has 0 aromatic heterocycles. The minimum absolute atomic E-state index is 0.209. The molecule has 0 atom stereocenters. The lowest BCUT2D eigenvalue weighted by Crippen LogP contribution is -2.41.